The van der Waals surface area contributed by atoms with Crippen molar-refractivity contribution >= 4 is 0 Å². The molecule has 2 nitrogen and oxygen atoms in total. The average Bonchev–Trinajstić information content (AvgIpc) is 3.40. The van der Waals surface area contributed by atoms with Crippen molar-refractivity contribution in [3.63, 3.8) is 0 Å². The third kappa shape index (κ3) is 25.1. The Bertz CT molecular complexity index is 663. The third-order valence-electron chi connectivity index (χ3n) is 9.85. The number of aryl methyl sites for hydroxylation is 2. The maximum absolute atomic E-state index is 2.61. The van der Waals surface area contributed by atoms with Gasteiger partial charge in [-0.15, -0.1) is 0 Å². The summed E-state index contributed by atoms with van der Waals surface area (Å²) < 4.78 is 5.22. The maximum Gasteiger partial charge on any atom is 0.256 e. The van der Waals surface area contributed by atoms with E-state index in [2.05, 4.69) is 42.3 Å². The summed E-state index contributed by atoms with van der Waals surface area (Å²) in [5.74, 6) is 1.60. The summed E-state index contributed by atoms with van der Waals surface area (Å²) in [6.45, 7) is 9.40. The van der Waals surface area contributed by atoms with Gasteiger partial charge in [0, 0.05) is 6.42 Å². The SMILES string of the molecule is CCCCCCCCCCCCCCCCCCn1cc[n+](CCCCCCCCCCCCCCC)c1CCCCC. The van der Waals surface area contributed by atoms with E-state index >= 15 is 0 Å². The van der Waals surface area contributed by atoms with E-state index in [4.69, 9.17) is 0 Å². The lowest BCUT2D eigenvalue weighted by Gasteiger charge is -2.07. The van der Waals surface area contributed by atoms with Crippen molar-refractivity contribution in [2.45, 2.75) is 246 Å². The van der Waals surface area contributed by atoms with Crippen molar-refractivity contribution in [2.75, 3.05) is 0 Å². The molecule has 0 aliphatic carbocycles. The standard InChI is InChI=1S/C41H81N2/c1-4-7-10-12-14-16-18-20-21-22-24-26-28-30-32-35-38-43-40-39-42(41(43)36-33-9-6-3)37-34-31-29-27-25-23-19-17-15-13-11-8-5-2/h39-40H,4-38H2,1-3H3/q+1. The zero-order chi connectivity index (χ0) is 30.9. The Morgan fingerprint density at radius 1 is 0.395 bits per heavy atom. The smallest absolute Gasteiger partial charge is 0.234 e. The van der Waals surface area contributed by atoms with Gasteiger partial charge in [0.2, 0.25) is 0 Å². The van der Waals surface area contributed by atoms with Crippen LogP contribution in [0.4, 0.5) is 0 Å². The molecule has 0 aliphatic heterocycles. The Kier molecular flexibility index (Phi) is 30.5. The van der Waals surface area contributed by atoms with Crippen molar-refractivity contribution < 1.29 is 4.57 Å². The summed E-state index contributed by atoms with van der Waals surface area (Å²) in [7, 11) is 0. The first-order valence-electron chi connectivity index (χ1n) is 20.4. The lowest BCUT2D eigenvalue weighted by Crippen LogP contribution is -2.37. The fourth-order valence-corrected chi connectivity index (χ4v) is 6.86. The number of rotatable bonds is 35. The zero-order valence-electron chi connectivity index (χ0n) is 30.3. The Labute approximate surface area is 272 Å². The van der Waals surface area contributed by atoms with Crippen LogP contribution in [0.15, 0.2) is 12.4 Å². The van der Waals surface area contributed by atoms with Crippen LogP contribution in [0.3, 0.4) is 0 Å². The number of hydrogen-bond donors (Lipinski definition) is 0. The monoisotopic (exact) mass is 602 g/mol. The molecule has 1 aromatic rings. The molecule has 0 spiro atoms. The van der Waals surface area contributed by atoms with Gasteiger partial charge < -0.3 is 0 Å². The highest BCUT2D eigenvalue weighted by Crippen LogP contribution is 2.15. The van der Waals surface area contributed by atoms with Gasteiger partial charge in [-0.2, -0.15) is 0 Å². The molecule has 0 unspecified atom stereocenters. The van der Waals surface area contributed by atoms with Crippen LogP contribution in [0, 0.1) is 0 Å². The number of hydrogen-bond acceptors (Lipinski definition) is 0. The van der Waals surface area contributed by atoms with E-state index in [1.165, 1.54) is 225 Å². The number of imidazole rings is 1. The van der Waals surface area contributed by atoms with E-state index in [-0.39, 0.29) is 0 Å². The molecule has 0 amide bonds. The van der Waals surface area contributed by atoms with Crippen LogP contribution in [0.25, 0.3) is 0 Å². The molecule has 43 heavy (non-hydrogen) atoms. The van der Waals surface area contributed by atoms with Crippen LogP contribution in [-0.2, 0) is 19.5 Å². The lowest BCUT2D eigenvalue weighted by molar-refractivity contribution is -0.704. The summed E-state index contributed by atoms with van der Waals surface area (Å²) in [4.78, 5) is 0. The first-order valence-corrected chi connectivity index (χ1v) is 20.4. The lowest BCUT2D eigenvalue weighted by atomic mass is 10.0. The summed E-state index contributed by atoms with van der Waals surface area (Å²) >= 11 is 0. The van der Waals surface area contributed by atoms with Crippen LogP contribution in [-0.4, -0.2) is 4.57 Å². The number of aromatic nitrogens is 2. The largest absolute Gasteiger partial charge is 0.256 e. The van der Waals surface area contributed by atoms with Gasteiger partial charge >= 0.3 is 0 Å². The summed E-state index contributed by atoms with van der Waals surface area (Å²) in [5.41, 5.74) is 0. The van der Waals surface area contributed by atoms with Gasteiger partial charge in [-0.3, -0.25) is 0 Å². The normalized spacial score (nSPS) is 11.6. The third-order valence-corrected chi connectivity index (χ3v) is 9.85. The van der Waals surface area contributed by atoms with Crippen LogP contribution >= 0.6 is 0 Å². The van der Waals surface area contributed by atoms with Gasteiger partial charge in [-0.05, 0) is 32.1 Å². The van der Waals surface area contributed by atoms with Gasteiger partial charge in [-0.25, -0.2) is 9.13 Å². The van der Waals surface area contributed by atoms with E-state index in [1.807, 2.05) is 0 Å². The highest BCUT2D eigenvalue weighted by Gasteiger charge is 2.16. The van der Waals surface area contributed by atoms with Crippen molar-refractivity contribution in [2.24, 2.45) is 0 Å². The highest BCUT2D eigenvalue weighted by molar-refractivity contribution is 4.84. The fourth-order valence-electron chi connectivity index (χ4n) is 6.86. The Hall–Kier alpha value is -0.790. The molecule has 1 rings (SSSR count). The summed E-state index contributed by atoms with van der Waals surface area (Å²) in [6, 6.07) is 0. The molecule has 0 saturated carbocycles. The highest BCUT2D eigenvalue weighted by atomic mass is 15.1. The summed E-state index contributed by atoms with van der Waals surface area (Å²) in [5, 5.41) is 0. The molecule has 1 aromatic heterocycles. The van der Waals surface area contributed by atoms with Gasteiger partial charge in [0.05, 0.1) is 13.1 Å². The molecule has 0 bridgehead atoms. The Morgan fingerprint density at radius 2 is 0.721 bits per heavy atom. The van der Waals surface area contributed by atoms with E-state index in [0.29, 0.717) is 0 Å². The zero-order valence-corrected chi connectivity index (χ0v) is 30.3. The molecule has 2 heteroatoms. The molecule has 0 atom stereocenters. The van der Waals surface area contributed by atoms with E-state index in [0.717, 1.165) is 0 Å². The minimum atomic E-state index is 1.23. The van der Waals surface area contributed by atoms with Crippen molar-refractivity contribution in [1.29, 1.82) is 0 Å². The minimum Gasteiger partial charge on any atom is -0.234 e. The second-order valence-corrected chi connectivity index (χ2v) is 14.1. The minimum absolute atomic E-state index is 1.23. The van der Waals surface area contributed by atoms with Crippen molar-refractivity contribution in [3.8, 4) is 0 Å². The molecular formula is C41H81N2+. The first-order chi connectivity index (χ1) is 21.3. The number of unbranched alkanes of at least 4 members (excludes halogenated alkanes) is 29. The molecule has 0 fully saturated rings. The van der Waals surface area contributed by atoms with Crippen molar-refractivity contribution in [1.82, 2.24) is 4.57 Å². The molecule has 0 N–H and O–H groups in total. The molecule has 0 saturated heterocycles. The maximum atomic E-state index is 2.61. The average molecular weight is 602 g/mol. The van der Waals surface area contributed by atoms with Crippen LogP contribution in [0.2, 0.25) is 0 Å². The van der Waals surface area contributed by atoms with Crippen molar-refractivity contribution in [3.05, 3.63) is 18.2 Å². The molecule has 0 radical (unpaired) electrons. The second-order valence-electron chi connectivity index (χ2n) is 14.1. The fraction of sp³-hybridized carbons (Fsp3) is 0.927. The van der Waals surface area contributed by atoms with E-state index in [1.54, 1.807) is 5.82 Å². The molecular weight excluding hydrogens is 520 g/mol. The molecule has 254 valence electrons. The second kappa shape index (κ2) is 32.6. The predicted molar refractivity (Wildman–Crippen MR) is 193 cm³/mol. The molecule has 1 heterocycles. The topological polar surface area (TPSA) is 8.81 Å². The first kappa shape index (κ1) is 40.2. The molecule has 0 aromatic carbocycles. The van der Waals surface area contributed by atoms with Gasteiger partial charge in [-0.1, -0.05) is 194 Å². The van der Waals surface area contributed by atoms with E-state index < -0.39 is 0 Å². The predicted octanol–water partition coefficient (Wildman–Crippen LogP) is 13.9. The number of nitrogens with zero attached hydrogens (tertiary/aromatic N) is 2. The Balaban J connectivity index is 2.09. The summed E-state index contributed by atoms with van der Waals surface area (Å²) in [6.07, 6.45) is 51.9. The van der Waals surface area contributed by atoms with Gasteiger partial charge in [0.25, 0.3) is 5.82 Å². The quantitative estimate of drug-likeness (QED) is 0.0540. The Morgan fingerprint density at radius 3 is 1.12 bits per heavy atom. The van der Waals surface area contributed by atoms with Crippen LogP contribution in [0.1, 0.15) is 232 Å². The van der Waals surface area contributed by atoms with Crippen LogP contribution < -0.4 is 4.57 Å². The van der Waals surface area contributed by atoms with E-state index in [9.17, 15) is 0 Å². The van der Waals surface area contributed by atoms with Crippen LogP contribution in [0.5, 0.6) is 0 Å². The van der Waals surface area contributed by atoms with Gasteiger partial charge in [0.1, 0.15) is 12.4 Å². The molecule has 0 aliphatic rings. The van der Waals surface area contributed by atoms with Gasteiger partial charge in [0.15, 0.2) is 0 Å².